The molecule has 0 aromatic carbocycles. The summed E-state index contributed by atoms with van der Waals surface area (Å²) in [7, 11) is 0. The highest BCUT2D eigenvalue weighted by atomic mass is 14.8. The van der Waals surface area contributed by atoms with Gasteiger partial charge in [-0.15, -0.1) is 0 Å². The number of rotatable bonds is 2. The van der Waals surface area contributed by atoms with Crippen LogP contribution in [-0.4, -0.2) is 11.8 Å². The van der Waals surface area contributed by atoms with Crippen molar-refractivity contribution in [2.75, 3.05) is 0 Å². The molecule has 0 bridgehead atoms. The maximum absolute atomic E-state index is 4.28. The molecule has 1 heteroatoms. The number of hydrogen-bond acceptors (Lipinski definition) is 1. The molecule has 0 heterocycles. The Morgan fingerprint density at radius 3 is 2.09 bits per heavy atom. The van der Waals surface area contributed by atoms with Gasteiger partial charge in [0.15, 0.2) is 0 Å². The van der Waals surface area contributed by atoms with Crippen LogP contribution < -0.4 is 0 Å². The molecule has 0 unspecified atom stereocenters. The second-order valence-corrected chi connectivity index (χ2v) is 3.36. The van der Waals surface area contributed by atoms with Crippen LogP contribution in [0, 0.1) is 0 Å². The maximum Gasteiger partial charge on any atom is 0.0524 e. The molecule has 0 radical (unpaired) electrons. The molecule has 0 rings (SSSR count). The van der Waals surface area contributed by atoms with Gasteiger partial charge in [-0.25, -0.2) is 0 Å². The van der Waals surface area contributed by atoms with E-state index in [0.29, 0.717) is 0 Å². The van der Waals surface area contributed by atoms with Crippen LogP contribution in [0.1, 0.15) is 27.7 Å². The van der Waals surface area contributed by atoms with Gasteiger partial charge in [0.2, 0.25) is 0 Å². The quantitative estimate of drug-likeness (QED) is 0.425. The highest BCUT2D eigenvalue weighted by Gasteiger charge is 2.02. The molecule has 0 spiro atoms. The largest absolute Gasteiger partial charge is 0.287 e. The van der Waals surface area contributed by atoms with Gasteiger partial charge in [0.05, 0.1) is 5.54 Å². The molecule has 11 heavy (non-hydrogen) atoms. The van der Waals surface area contributed by atoms with Gasteiger partial charge >= 0.3 is 0 Å². The van der Waals surface area contributed by atoms with Gasteiger partial charge in [-0.05, 0) is 33.8 Å². The van der Waals surface area contributed by atoms with E-state index in [1.807, 2.05) is 37.4 Å². The highest BCUT2D eigenvalue weighted by Crippen LogP contribution is 2.04. The molecule has 1 nitrogen and oxygen atoms in total. The molecule has 0 aliphatic carbocycles. The van der Waals surface area contributed by atoms with Crippen molar-refractivity contribution in [1.29, 1.82) is 0 Å². The Morgan fingerprint density at radius 1 is 1.00 bits per heavy atom. The fraction of sp³-hybridized carbons (Fsp3) is 0.500. The van der Waals surface area contributed by atoms with Gasteiger partial charge in [-0.2, -0.15) is 0 Å². The summed E-state index contributed by atoms with van der Waals surface area (Å²) in [6.07, 6.45) is 9.70. The second-order valence-electron chi connectivity index (χ2n) is 3.36. The molecular formula is C10H17N. The van der Waals surface area contributed by atoms with E-state index >= 15 is 0 Å². The summed E-state index contributed by atoms with van der Waals surface area (Å²) in [6, 6.07) is 0. The van der Waals surface area contributed by atoms with E-state index in [0.717, 1.165) is 0 Å². The van der Waals surface area contributed by atoms with Crippen LogP contribution in [0.2, 0.25) is 0 Å². The van der Waals surface area contributed by atoms with Crippen molar-refractivity contribution < 1.29 is 0 Å². The van der Waals surface area contributed by atoms with Crippen molar-refractivity contribution in [3.63, 3.8) is 0 Å². The van der Waals surface area contributed by atoms with Gasteiger partial charge in [0.25, 0.3) is 0 Å². The van der Waals surface area contributed by atoms with Gasteiger partial charge in [0.1, 0.15) is 0 Å². The topological polar surface area (TPSA) is 12.4 Å². The number of hydrogen-bond donors (Lipinski definition) is 0. The molecule has 0 aromatic rings. The van der Waals surface area contributed by atoms with Crippen molar-refractivity contribution in [1.82, 2.24) is 0 Å². The number of nitrogens with zero attached hydrogens (tertiary/aromatic N) is 1. The number of aliphatic imine (C=N–C) groups is 1. The third kappa shape index (κ3) is 9.15. The van der Waals surface area contributed by atoms with E-state index in [1.54, 1.807) is 0 Å². The van der Waals surface area contributed by atoms with Crippen molar-refractivity contribution >= 4 is 6.21 Å². The lowest BCUT2D eigenvalue weighted by atomic mass is 10.1. The van der Waals surface area contributed by atoms with Crippen LogP contribution in [0.4, 0.5) is 0 Å². The summed E-state index contributed by atoms with van der Waals surface area (Å²) in [4.78, 5) is 4.28. The van der Waals surface area contributed by atoms with E-state index in [9.17, 15) is 0 Å². The Labute approximate surface area is 69.5 Å². The minimum Gasteiger partial charge on any atom is -0.287 e. The normalized spacial score (nSPS) is 14.2. The molecule has 0 aromatic heterocycles. The van der Waals surface area contributed by atoms with E-state index in [2.05, 4.69) is 25.8 Å². The molecular weight excluding hydrogens is 134 g/mol. The predicted octanol–water partition coefficient (Wildman–Crippen LogP) is 2.99. The van der Waals surface area contributed by atoms with Crippen LogP contribution in [-0.2, 0) is 0 Å². The first kappa shape index (κ1) is 10.2. The van der Waals surface area contributed by atoms with Crippen LogP contribution >= 0.6 is 0 Å². The van der Waals surface area contributed by atoms with E-state index in [-0.39, 0.29) is 5.54 Å². The Hall–Kier alpha value is -0.850. The zero-order chi connectivity index (χ0) is 8.74. The maximum atomic E-state index is 4.28. The first-order valence-corrected chi connectivity index (χ1v) is 3.89. The SMILES string of the molecule is C/C=C\C=C/C=NC(C)(C)C. The molecule has 0 atom stereocenters. The first-order chi connectivity index (χ1) is 5.06. The van der Waals surface area contributed by atoms with E-state index in [1.165, 1.54) is 0 Å². The standard InChI is InChI=1S/C10H17N/c1-5-6-7-8-9-11-10(2,3)4/h5-9H,1-4H3/b6-5-,8-7-,11-9?. The fourth-order valence-electron chi connectivity index (χ4n) is 0.492. The monoisotopic (exact) mass is 151 g/mol. The second kappa shape index (κ2) is 4.89. The molecule has 0 amide bonds. The van der Waals surface area contributed by atoms with E-state index < -0.39 is 0 Å². The van der Waals surface area contributed by atoms with Gasteiger partial charge in [0, 0.05) is 6.21 Å². The predicted molar refractivity (Wildman–Crippen MR) is 52.2 cm³/mol. The van der Waals surface area contributed by atoms with Crippen molar-refractivity contribution in [2.24, 2.45) is 4.99 Å². The molecule has 0 saturated heterocycles. The Balaban J connectivity index is 3.78. The molecule has 0 saturated carbocycles. The average molecular weight is 151 g/mol. The third-order valence-corrected chi connectivity index (χ3v) is 0.963. The average Bonchev–Trinajstić information content (AvgIpc) is 1.85. The zero-order valence-electron chi connectivity index (χ0n) is 7.83. The lowest BCUT2D eigenvalue weighted by Gasteiger charge is -2.09. The zero-order valence-corrected chi connectivity index (χ0v) is 7.83. The third-order valence-electron chi connectivity index (χ3n) is 0.963. The number of allylic oxidation sites excluding steroid dienone is 4. The van der Waals surface area contributed by atoms with Crippen LogP contribution in [0.3, 0.4) is 0 Å². The smallest absolute Gasteiger partial charge is 0.0524 e. The lowest BCUT2D eigenvalue weighted by molar-refractivity contribution is 0.587. The van der Waals surface area contributed by atoms with E-state index in [4.69, 9.17) is 0 Å². The molecule has 0 aliphatic rings. The Morgan fingerprint density at radius 2 is 1.64 bits per heavy atom. The summed E-state index contributed by atoms with van der Waals surface area (Å²) in [5.41, 5.74) is 0.0419. The van der Waals surface area contributed by atoms with Crippen LogP contribution in [0.15, 0.2) is 29.3 Å². The van der Waals surface area contributed by atoms with Crippen molar-refractivity contribution in [2.45, 2.75) is 33.2 Å². The van der Waals surface area contributed by atoms with Gasteiger partial charge in [-0.3, -0.25) is 4.99 Å². The molecule has 0 N–H and O–H groups in total. The van der Waals surface area contributed by atoms with Crippen molar-refractivity contribution in [3.05, 3.63) is 24.3 Å². The minimum absolute atomic E-state index is 0.0419. The van der Waals surface area contributed by atoms with Gasteiger partial charge in [-0.1, -0.05) is 18.2 Å². The first-order valence-electron chi connectivity index (χ1n) is 3.89. The minimum atomic E-state index is 0.0419. The molecule has 0 aliphatic heterocycles. The Bertz CT molecular complexity index is 168. The molecule has 0 fully saturated rings. The summed E-state index contributed by atoms with van der Waals surface area (Å²) in [6.45, 7) is 8.22. The van der Waals surface area contributed by atoms with Crippen molar-refractivity contribution in [3.8, 4) is 0 Å². The summed E-state index contributed by atoms with van der Waals surface area (Å²) in [5.74, 6) is 0. The lowest BCUT2D eigenvalue weighted by Crippen LogP contribution is -2.08. The summed E-state index contributed by atoms with van der Waals surface area (Å²) < 4.78 is 0. The van der Waals surface area contributed by atoms with Crippen LogP contribution in [0.5, 0.6) is 0 Å². The highest BCUT2D eigenvalue weighted by molar-refractivity contribution is 5.71. The summed E-state index contributed by atoms with van der Waals surface area (Å²) in [5, 5.41) is 0. The fourth-order valence-corrected chi connectivity index (χ4v) is 0.492. The summed E-state index contributed by atoms with van der Waals surface area (Å²) >= 11 is 0. The molecule has 62 valence electrons. The Kier molecular flexibility index (Phi) is 4.51. The van der Waals surface area contributed by atoms with Crippen LogP contribution in [0.25, 0.3) is 0 Å². The van der Waals surface area contributed by atoms with Gasteiger partial charge < -0.3 is 0 Å².